The van der Waals surface area contributed by atoms with Crippen molar-refractivity contribution in [3.63, 3.8) is 0 Å². The maximum atomic E-state index is 12.3. The first-order valence-corrected chi connectivity index (χ1v) is 7.84. The summed E-state index contributed by atoms with van der Waals surface area (Å²) in [5.41, 5.74) is 5.23. The van der Waals surface area contributed by atoms with Gasteiger partial charge in [-0.25, -0.2) is 10.4 Å². The molecule has 2 aromatic carbocycles. The van der Waals surface area contributed by atoms with E-state index in [4.69, 9.17) is 0 Å². The molecule has 3 atom stereocenters. The number of hydrogen-bond donors (Lipinski definition) is 3. The molecule has 2 aromatic rings. The molecule has 122 valence electrons. The van der Waals surface area contributed by atoms with E-state index < -0.39 is 12.0 Å². The van der Waals surface area contributed by atoms with Gasteiger partial charge in [0.15, 0.2) is 0 Å². The molecular weight excluding hydrogens is 306 g/mol. The number of amides is 2. The molecule has 0 aromatic heterocycles. The van der Waals surface area contributed by atoms with Crippen molar-refractivity contribution in [2.75, 3.05) is 0 Å². The van der Waals surface area contributed by atoms with Crippen molar-refractivity contribution in [3.05, 3.63) is 65.7 Å². The van der Waals surface area contributed by atoms with Gasteiger partial charge in [-0.15, -0.1) is 0 Å². The quantitative estimate of drug-likeness (QED) is 0.737. The number of benzene rings is 2. The summed E-state index contributed by atoms with van der Waals surface area (Å²) in [6.45, 7) is 0.525. The molecule has 6 heteroatoms. The van der Waals surface area contributed by atoms with Crippen molar-refractivity contribution in [1.82, 2.24) is 15.8 Å². The lowest BCUT2D eigenvalue weighted by atomic mass is 9.91. The summed E-state index contributed by atoms with van der Waals surface area (Å²) >= 11 is 0. The molecule has 6 nitrogen and oxygen atoms in total. The predicted molar refractivity (Wildman–Crippen MR) is 86.4 cm³/mol. The number of carbonyl (C=O) groups is 2. The van der Waals surface area contributed by atoms with Crippen LogP contribution in [-0.4, -0.2) is 28.0 Å². The van der Waals surface area contributed by atoms with Gasteiger partial charge in [0.25, 0.3) is 0 Å². The number of hydrazine groups is 1. The highest BCUT2D eigenvalue weighted by Crippen LogP contribution is 2.37. The zero-order valence-corrected chi connectivity index (χ0v) is 12.8. The van der Waals surface area contributed by atoms with Gasteiger partial charge in [0.2, 0.25) is 11.8 Å². The lowest BCUT2D eigenvalue weighted by Crippen LogP contribution is -2.43. The summed E-state index contributed by atoms with van der Waals surface area (Å²) in [6.07, 6.45) is 0. The number of nitrogens with zero attached hydrogens (tertiary/aromatic N) is 1. The fraction of sp³-hybridized carbons (Fsp3) is 0.222. The Kier molecular flexibility index (Phi) is 3.55. The first-order valence-electron chi connectivity index (χ1n) is 7.84. The Hall–Kier alpha value is -2.70. The molecule has 2 aliphatic heterocycles. The van der Waals surface area contributed by atoms with Crippen molar-refractivity contribution < 1.29 is 14.7 Å². The van der Waals surface area contributed by atoms with Gasteiger partial charge in [0.1, 0.15) is 11.8 Å². The minimum atomic E-state index is -0.531. The molecule has 24 heavy (non-hydrogen) atoms. The summed E-state index contributed by atoms with van der Waals surface area (Å²) in [5.74, 6) is -0.840. The standard InChI is InChI=1S/C18H17N3O3/c22-13-8-6-12(7-9-13)15-14-16(18(24)19-17(14)23)21(20-15)10-11-4-2-1-3-5-11/h1-9,14-16,20,22H,10H2,(H,19,23,24)/t14-,15+,16+/m0/s1. The first-order chi connectivity index (χ1) is 11.6. The molecule has 2 heterocycles. The van der Waals surface area contributed by atoms with E-state index >= 15 is 0 Å². The van der Waals surface area contributed by atoms with Crippen LogP contribution in [0.3, 0.4) is 0 Å². The molecule has 0 unspecified atom stereocenters. The molecule has 0 aliphatic carbocycles. The summed E-state index contributed by atoms with van der Waals surface area (Å²) in [6, 6.07) is 15.7. The van der Waals surface area contributed by atoms with E-state index in [-0.39, 0.29) is 23.6 Å². The topological polar surface area (TPSA) is 81.7 Å². The van der Waals surface area contributed by atoms with Gasteiger partial charge in [0, 0.05) is 6.54 Å². The number of rotatable bonds is 3. The Labute approximate surface area is 139 Å². The highest BCUT2D eigenvalue weighted by molar-refractivity contribution is 6.07. The van der Waals surface area contributed by atoms with Crippen LogP contribution in [0, 0.1) is 5.92 Å². The largest absolute Gasteiger partial charge is 0.508 e. The van der Waals surface area contributed by atoms with E-state index in [0.29, 0.717) is 6.54 Å². The molecule has 2 saturated heterocycles. The van der Waals surface area contributed by atoms with Crippen LogP contribution >= 0.6 is 0 Å². The maximum absolute atomic E-state index is 12.3. The third-order valence-electron chi connectivity index (χ3n) is 4.61. The molecule has 0 spiro atoms. The van der Waals surface area contributed by atoms with Crippen LogP contribution in [0.1, 0.15) is 17.2 Å². The van der Waals surface area contributed by atoms with Crippen molar-refractivity contribution >= 4 is 11.8 Å². The van der Waals surface area contributed by atoms with Crippen molar-refractivity contribution in [2.45, 2.75) is 18.6 Å². The highest BCUT2D eigenvalue weighted by Gasteiger charge is 2.54. The minimum absolute atomic E-state index is 0.168. The molecule has 0 saturated carbocycles. The van der Waals surface area contributed by atoms with Crippen LogP contribution in [0.5, 0.6) is 5.75 Å². The summed E-state index contributed by atoms with van der Waals surface area (Å²) in [4.78, 5) is 24.5. The third-order valence-corrected chi connectivity index (χ3v) is 4.61. The van der Waals surface area contributed by atoms with E-state index in [2.05, 4.69) is 10.7 Å². The van der Waals surface area contributed by atoms with Crippen LogP contribution in [0.2, 0.25) is 0 Å². The second-order valence-electron chi connectivity index (χ2n) is 6.14. The predicted octanol–water partition coefficient (Wildman–Crippen LogP) is 1.09. The molecule has 2 aliphatic rings. The van der Waals surface area contributed by atoms with Crippen LogP contribution in [0.4, 0.5) is 0 Å². The Balaban J connectivity index is 1.66. The van der Waals surface area contributed by atoms with E-state index in [9.17, 15) is 14.7 Å². The van der Waals surface area contributed by atoms with Gasteiger partial charge in [-0.2, -0.15) is 0 Å². The number of imide groups is 1. The van der Waals surface area contributed by atoms with E-state index in [0.717, 1.165) is 11.1 Å². The Morgan fingerprint density at radius 3 is 2.38 bits per heavy atom. The number of fused-ring (bicyclic) bond motifs is 1. The van der Waals surface area contributed by atoms with Crippen LogP contribution in [-0.2, 0) is 16.1 Å². The minimum Gasteiger partial charge on any atom is -0.508 e. The summed E-state index contributed by atoms with van der Waals surface area (Å²) in [5, 5.41) is 13.7. The van der Waals surface area contributed by atoms with Gasteiger partial charge in [0.05, 0.1) is 12.0 Å². The normalized spacial score (nSPS) is 26.4. The Bertz CT molecular complexity index is 776. The zero-order chi connectivity index (χ0) is 16.7. The highest BCUT2D eigenvalue weighted by atomic mass is 16.3. The molecule has 2 amide bonds. The van der Waals surface area contributed by atoms with Crippen molar-refractivity contribution in [3.8, 4) is 5.75 Å². The fourth-order valence-electron chi connectivity index (χ4n) is 3.48. The lowest BCUT2D eigenvalue weighted by molar-refractivity contribution is -0.127. The summed E-state index contributed by atoms with van der Waals surface area (Å²) < 4.78 is 0. The number of phenols is 1. The van der Waals surface area contributed by atoms with Gasteiger partial charge in [-0.05, 0) is 23.3 Å². The van der Waals surface area contributed by atoms with E-state index in [1.54, 1.807) is 24.3 Å². The molecule has 4 rings (SSSR count). The first kappa shape index (κ1) is 14.9. The third kappa shape index (κ3) is 2.46. The van der Waals surface area contributed by atoms with Crippen molar-refractivity contribution in [1.29, 1.82) is 0 Å². The van der Waals surface area contributed by atoms with Crippen molar-refractivity contribution in [2.24, 2.45) is 5.92 Å². The van der Waals surface area contributed by atoms with Crippen LogP contribution in [0.15, 0.2) is 54.6 Å². The molecular formula is C18H17N3O3. The van der Waals surface area contributed by atoms with Gasteiger partial charge in [-0.3, -0.25) is 14.9 Å². The average molecular weight is 323 g/mol. The molecule has 0 radical (unpaired) electrons. The second kappa shape index (κ2) is 5.74. The number of carbonyl (C=O) groups excluding carboxylic acids is 2. The molecule has 0 bridgehead atoms. The van der Waals surface area contributed by atoms with Gasteiger partial charge >= 0.3 is 0 Å². The SMILES string of the molecule is O=C1NC(=O)[C@H]2[C@@H]1[C@@H](c1ccc(O)cc1)NN2Cc1ccccc1. The Morgan fingerprint density at radius 1 is 0.958 bits per heavy atom. The maximum Gasteiger partial charge on any atom is 0.246 e. The number of hydrogen-bond acceptors (Lipinski definition) is 5. The van der Waals surface area contributed by atoms with E-state index in [1.807, 2.05) is 35.3 Å². The smallest absolute Gasteiger partial charge is 0.246 e. The van der Waals surface area contributed by atoms with E-state index in [1.165, 1.54) is 0 Å². The fourth-order valence-corrected chi connectivity index (χ4v) is 3.48. The van der Waals surface area contributed by atoms with Gasteiger partial charge in [-0.1, -0.05) is 42.5 Å². The number of aromatic hydroxyl groups is 1. The average Bonchev–Trinajstić information content (AvgIpc) is 3.09. The van der Waals surface area contributed by atoms with Gasteiger partial charge < -0.3 is 5.11 Å². The number of phenolic OH excluding ortho intramolecular Hbond substituents is 1. The number of nitrogens with one attached hydrogen (secondary N) is 2. The van der Waals surface area contributed by atoms with Crippen LogP contribution < -0.4 is 10.7 Å². The lowest BCUT2D eigenvalue weighted by Gasteiger charge is -2.22. The molecule has 3 N–H and O–H groups in total. The van der Waals surface area contributed by atoms with Crippen LogP contribution in [0.25, 0.3) is 0 Å². The Morgan fingerprint density at radius 2 is 1.67 bits per heavy atom. The second-order valence-corrected chi connectivity index (χ2v) is 6.14. The monoisotopic (exact) mass is 323 g/mol. The summed E-state index contributed by atoms with van der Waals surface area (Å²) in [7, 11) is 0. The molecule has 2 fully saturated rings. The zero-order valence-electron chi connectivity index (χ0n) is 12.8.